The Labute approximate surface area is 156 Å². The van der Waals surface area contributed by atoms with Crippen LogP contribution in [-0.2, 0) is 11.2 Å². The third-order valence-corrected chi connectivity index (χ3v) is 4.51. The van der Waals surface area contributed by atoms with Gasteiger partial charge in [-0.25, -0.2) is 0 Å². The van der Waals surface area contributed by atoms with Crippen molar-refractivity contribution in [1.29, 1.82) is 0 Å². The number of nitrogens with zero attached hydrogens (tertiary/aromatic N) is 1. The number of aryl methyl sites for hydroxylation is 1. The summed E-state index contributed by atoms with van der Waals surface area (Å²) in [7, 11) is 0. The number of nitrogens with one attached hydrogen (secondary N) is 1. The maximum absolute atomic E-state index is 12.2. The number of halogens is 2. The van der Waals surface area contributed by atoms with Crippen molar-refractivity contribution in [3.8, 4) is 11.1 Å². The van der Waals surface area contributed by atoms with Crippen LogP contribution in [0.3, 0.4) is 0 Å². The number of hydrogen-bond acceptors (Lipinski definition) is 2. The van der Waals surface area contributed by atoms with E-state index in [0.717, 1.165) is 22.5 Å². The van der Waals surface area contributed by atoms with Crippen LogP contribution in [0.2, 0.25) is 10.0 Å². The Balaban J connectivity index is 1.70. The van der Waals surface area contributed by atoms with Gasteiger partial charge in [0.25, 0.3) is 0 Å². The number of aromatic nitrogens is 1. The molecule has 2 aromatic carbocycles. The normalized spacial score (nSPS) is 10.5. The van der Waals surface area contributed by atoms with E-state index in [2.05, 4.69) is 10.3 Å². The molecular weight excluding hydrogens is 355 g/mol. The van der Waals surface area contributed by atoms with Gasteiger partial charge in [-0.3, -0.25) is 9.78 Å². The summed E-state index contributed by atoms with van der Waals surface area (Å²) in [5.41, 5.74) is 4.48. The quantitative estimate of drug-likeness (QED) is 0.654. The summed E-state index contributed by atoms with van der Waals surface area (Å²) in [6.07, 6.45) is 1.91. The standard InChI is InChI=1S/C20H16Cl2N2O/c1-13-11-15(9-10-23-13)14-5-7-16(8-6-14)24-20(25)12-17-18(21)3-2-4-19(17)22/h2-11H,12H2,1H3,(H,24,25). The summed E-state index contributed by atoms with van der Waals surface area (Å²) in [6, 6.07) is 16.9. The first-order valence-electron chi connectivity index (χ1n) is 7.79. The van der Waals surface area contributed by atoms with Crippen LogP contribution in [0.5, 0.6) is 0 Å². The van der Waals surface area contributed by atoms with Gasteiger partial charge < -0.3 is 5.32 Å². The number of anilines is 1. The highest BCUT2D eigenvalue weighted by Crippen LogP contribution is 2.25. The lowest BCUT2D eigenvalue weighted by Crippen LogP contribution is -2.14. The maximum atomic E-state index is 12.2. The first kappa shape index (κ1) is 17.5. The highest BCUT2D eigenvalue weighted by molar-refractivity contribution is 6.36. The van der Waals surface area contributed by atoms with Crippen LogP contribution in [-0.4, -0.2) is 10.9 Å². The number of carbonyl (C=O) groups excluding carboxylic acids is 1. The molecule has 0 saturated heterocycles. The van der Waals surface area contributed by atoms with Crippen LogP contribution in [0.15, 0.2) is 60.8 Å². The number of pyridine rings is 1. The van der Waals surface area contributed by atoms with Crippen molar-refractivity contribution in [3.63, 3.8) is 0 Å². The summed E-state index contributed by atoms with van der Waals surface area (Å²) in [5, 5.41) is 3.85. The number of benzene rings is 2. The summed E-state index contributed by atoms with van der Waals surface area (Å²) in [4.78, 5) is 16.4. The van der Waals surface area contributed by atoms with Gasteiger partial charge in [0.05, 0.1) is 6.42 Å². The third-order valence-electron chi connectivity index (χ3n) is 3.80. The Morgan fingerprint density at radius 1 is 1.00 bits per heavy atom. The third kappa shape index (κ3) is 4.38. The molecule has 0 radical (unpaired) electrons. The molecule has 0 atom stereocenters. The number of rotatable bonds is 4. The fraction of sp³-hybridized carbons (Fsp3) is 0.100. The minimum absolute atomic E-state index is 0.129. The van der Waals surface area contributed by atoms with Crippen molar-refractivity contribution in [1.82, 2.24) is 4.98 Å². The molecule has 0 spiro atoms. The zero-order chi connectivity index (χ0) is 17.8. The first-order chi connectivity index (χ1) is 12.0. The van der Waals surface area contributed by atoms with Gasteiger partial charge in [-0.1, -0.05) is 41.4 Å². The second kappa shape index (κ2) is 7.68. The van der Waals surface area contributed by atoms with Crippen LogP contribution in [0.1, 0.15) is 11.3 Å². The Morgan fingerprint density at radius 3 is 2.32 bits per heavy atom. The number of amides is 1. The van der Waals surface area contributed by atoms with Crippen molar-refractivity contribution < 1.29 is 4.79 Å². The first-order valence-corrected chi connectivity index (χ1v) is 8.54. The van der Waals surface area contributed by atoms with Crippen molar-refractivity contribution in [2.45, 2.75) is 13.3 Å². The van der Waals surface area contributed by atoms with E-state index in [9.17, 15) is 4.79 Å². The van der Waals surface area contributed by atoms with Gasteiger partial charge in [0.1, 0.15) is 0 Å². The van der Waals surface area contributed by atoms with E-state index in [0.29, 0.717) is 15.6 Å². The van der Waals surface area contributed by atoms with Crippen LogP contribution in [0.25, 0.3) is 11.1 Å². The predicted octanol–water partition coefficient (Wildman–Crippen LogP) is 5.55. The lowest BCUT2D eigenvalue weighted by Gasteiger charge is -2.09. The second-order valence-electron chi connectivity index (χ2n) is 5.69. The number of hydrogen-bond donors (Lipinski definition) is 1. The maximum Gasteiger partial charge on any atom is 0.228 e. The molecule has 0 saturated carbocycles. The van der Waals surface area contributed by atoms with Gasteiger partial charge in [-0.05, 0) is 60.0 Å². The molecule has 126 valence electrons. The second-order valence-corrected chi connectivity index (χ2v) is 6.50. The summed E-state index contributed by atoms with van der Waals surface area (Å²) < 4.78 is 0. The highest BCUT2D eigenvalue weighted by Gasteiger charge is 2.11. The molecule has 5 heteroatoms. The fourth-order valence-electron chi connectivity index (χ4n) is 2.54. The number of carbonyl (C=O) groups is 1. The molecule has 1 N–H and O–H groups in total. The zero-order valence-electron chi connectivity index (χ0n) is 13.6. The molecule has 0 aliphatic rings. The van der Waals surface area contributed by atoms with Gasteiger partial charge in [0.2, 0.25) is 5.91 Å². The summed E-state index contributed by atoms with van der Waals surface area (Å²) in [6.45, 7) is 1.96. The zero-order valence-corrected chi connectivity index (χ0v) is 15.1. The molecule has 0 unspecified atom stereocenters. The molecule has 1 heterocycles. The van der Waals surface area contributed by atoms with Gasteiger partial charge in [0.15, 0.2) is 0 Å². The highest BCUT2D eigenvalue weighted by atomic mass is 35.5. The van der Waals surface area contributed by atoms with Crippen LogP contribution in [0.4, 0.5) is 5.69 Å². The van der Waals surface area contributed by atoms with Gasteiger partial charge in [-0.15, -0.1) is 0 Å². The van der Waals surface area contributed by atoms with Crippen molar-refractivity contribution >= 4 is 34.8 Å². The lowest BCUT2D eigenvalue weighted by atomic mass is 10.1. The van der Waals surface area contributed by atoms with Crippen LogP contribution < -0.4 is 5.32 Å². The molecular formula is C20H16Cl2N2O. The smallest absolute Gasteiger partial charge is 0.228 e. The van der Waals surface area contributed by atoms with E-state index in [1.54, 1.807) is 24.4 Å². The van der Waals surface area contributed by atoms with E-state index in [-0.39, 0.29) is 12.3 Å². The topological polar surface area (TPSA) is 42.0 Å². The molecule has 1 aromatic heterocycles. The average Bonchev–Trinajstić information content (AvgIpc) is 2.59. The Morgan fingerprint density at radius 2 is 1.68 bits per heavy atom. The molecule has 25 heavy (non-hydrogen) atoms. The van der Waals surface area contributed by atoms with Crippen molar-refractivity contribution in [2.75, 3.05) is 5.32 Å². The molecule has 0 aliphatic carbocycles. The van der Waals surface area contributed by atoms with E-state index in [1.807, 2.05) is 43.3 Å². The molecule has 3 rings (SSSR count). The average molecular weight is 371 g/mol. The lowest BCUT2D eigenvalue weighted by molar-refractivity contribution is -0.115. The van der Waals surface area contributed by atoms with Crippen molar-refractivity contribution in [3.05, 3.63) is 82.1 Å². The Bertz CT molecular complexity index is 888. The molecule has 0 aliphatic heterocycles. The van der Waals surface area contributed by atoms with Crippen molar-refractivity contribution in [2.24, 2.45) is 0 Å². The molecule has 0 bridgehead atoms. The Kier molecular flexibility index (Phi) is 5.37. The minimum atomic E-state index is -0.164. The Hall–Kier alpha value is -2.36. The molecule has 1 amide bonds. The van der Waals surface area contributed by atoms with Gasteiger partial charge >= 0.3 is 0 Å². The largest absolute Gasteiger partial charge is 0.326 e. The van der Waals surface area contributed by atoms with E-state index >= 15 is 0 Å². The monoisotopic (exact) mass is 370 g/mol. The van der Waals surface area contributed by atoms with Crippen LogP contribution in [0, 0.1) is 6.92 Å². The van der Waals surface area contributed by atoms with Crippen LogP contribution >= 0.6 is 23.2 Å². The molecule has 0 fully saturated rings. The van der Waals surface area contributed by atoms with E-state index < -0.39 is 0 Å². The fourth-order valence-corrected chi connectivity index (χ4v) is 3.07. The van der Waals surface area contributed by atoms with Gasteiger partial charge in [-0.2, -0.15) is 0 Å². The van der Waals surface area contributed by atoms with E-state index in [1.165, 1.54) is 0 Å². The summed E-state index contributed by atoms with van der Waals surface area (Å²) in [5.74, 6) is -0.164. The van der Waals surface area contributed by atoms with Gasteiger partial charge in [0, 0.05) is 27.6 Å². The van der Waals surface area contributed by atoms with E-state index in [4.69, 9.17) is 23.2 Å². The predicted molar refractivity (Wildman–Crippen MR) is 103 cm³/mol. The molecule has 3 nitrogen and oxygen atoms in total. The SMILES string of the molecule is Cc1cc(-c2ccc(NC(=O)Cc3c(Cl)cccc3Cl)cc2)ccn1. The molecule has 3 aromatic rings. The minimum Gasteiger partial charge on any atom is -0.326 e. The summed E-state index contributed by atoms with van der Waals surface area (Å²) >= 11 is 12.2.